The van der Waals surface area contributed by atoms with Crippen molar-refractivity contribution in [3.05, 3.63) is 58.1 Å². The first-order chi connectivity index (χ1) is 15.6. The zero-order valence-electron chi connectivity index (χ0n) is 19.0. The molecule has 0 bridgehead atoms. The van der Waals surface area contributed by atoms with Crippen LogP contribution in [0.4, 0.5) is 5.69 Å². The summed E-state index contributed by atoms with van der Waals surface area (Å²) in [5.41, 5.74) is 5.13. The summed E-state index contributed by atoms with van der Waals surface area (Å²) in [6.07, 6.45) is -0.265. The molecule has 178 valence electrons. The third kappa shape index (κ3) is 7.61. The van der Waals surface area contributed by atoms with Crippen molar-refractivity contribution in [1.82, 2.24) is 10.7 Å². The number of aliphatic hydroxyl groups is 1. The van der Waals surface area contributed by atoms with E-state index in [4.69, 9.17) is 27.9 Å². The van der Waals surface area contributed by atoms with E-state index in [-0.39, 0.29) is 24.0 Å². The van der Waals surface area contributed by atoms with Crippen LogP contribution in [0.25, 0.3) is 0 Å². The maximum Gasteiger partial charge on any atom is 0.240 e. The van der Waals surface area contributed by atoms with Crippen molar-refractivity contribution in [2.75, 3.05) is 25.0 Å². The van der Waals surface area contributed by atoms with E-state index in [1.54, 1.807) is 18.2 Å². The molecule has 7 nitrogen and oxygen atoms in total. The molecule has 3 rings (SSSR count). The van der Waals surface area contributed by atoms with E-state index in [2.05, 4.69) is 35.0 Å². The number of carbonyl (C=O) groups excluding carboxylic acids is 1. The predicted octanol–water partition coefficient (Wildman–Crippen LogP) is 4.07. The van der Waals surface area contributed by atoms with Gasteiger partial charge in [0.25, 0.3) is 0 Å². The fourth-order valence-electron chi connectivity index (χ4n) is 3.37. The molecular formula is C24H30Cl2N4O3. The normalized spacial score (nSPS) is 17.2. The monoisotopic (exact) mass is 492 g/mol. The Morgan fingerprint density at radius 1 is 1.24 bits per heavy atom. The molecule has 0 fully saturated rings. The molecule has 0 spiro atoms. The number of β-amino-alcohol motifs (C(OH)–C–C–N with tert-alkyl or cyclic N) is 1. The maximum atomic E-state index is 11.4. The van der Waals surface area contributed by atoms with Gasteiger partial charge < -0.3 is 20.5 Å². The molecule has 1 amide bonds. The largest absolute Gasteiger partial charge is 0.489 e. The van der Waals surface area contributed by atoms with Gasteiger partial charge in [-0.25, -0.2) is 5.43 Å². The van der Waals surface area contributed by atoms with Crippen LogP contribution in [-0.4, -0.2) is 48.1 Å². The van der Waals surface area contributed by atoms with Gasteiger partial charge in [0.2, 0.25) is 5.91 Å². The summed E-state index contributed by atoms with van der Waals surface area (Å²) in [5.74, 6) is 0.485. The third-order valence-corrected chi connectivity index (χ3v) is 5.86. The number of nitrogens with zero attached hydrogens (tertiary/aromatic N) is 1. The van der Waals surface area contributed by atoms with Crippen LogP contribution < -0.4 is 20.8 Å². The van der Waals surface area contributed by atoms with Crippen molar-refractivity contribution < 1.29 is 14.6 Å². The maximum absolute atomic E-state index is 11.4. The van der Waals surface area contributed by atoms with Crippen molar-refractivity contribution >= 4 is 40.5 Å². The molecule has 1 aliphatic rings. The first-order valence-corrected chi connectivity index (χ1v) is 11.6. The molecule has 33 heavy (non-hydrogen) atoms. The molecule has 1 heterocycles. The van der Waals surface area contributed by atoms with Crippen molar-refractivity contribution in [3.63, 3.8) is 0 Å². The van der Waals surface area contributed by atoms with Crippen molar-refractivity contribution in [3.8, 4) is 5.75 Å². The average molecular weight is 493 g/mol. The molecule has 0 unspecified atom stereocenters. The standard InChI is InChI=1S/C24H30Cl2N4O3/c1-15-10-22(32)29-30-23(15)16-4-7-18(8-5-16)27-14-24(2,3)28-12-19(31)13-33-21-11-17(25)6-9-20(21)26/h4-9,11,15,19,27-28,31H,10,12-14H2,1-3H3,(H,29,32)/t15-,19+/m1/s1. The number of anilines is 1. The van der Waals surface area contributed by atoms with Crippen LogP contribution >= 0.6 is 23.2 Å². The number of ether oxygens (including phenoxy) is 1. The summed E-state index contributed by atoms with van der Waals surface area (Å²) in [7, 11) is 0. The lowest BCUT2D eigenvalue weighted by atomic mass is 9.94. The summed E-state index contributed by atoms with van der Waals surface area (Å²) >= 11 is 12.0. The van der Waals surface area contributed by atoms with Gasteiger partial charge in [0.05, 0.1) is 10.7 Å². The first kappa shape index (κ1) is 25.3. The van der Waals surface area contributed by atoms with E-state index < -0.39 is 6.10 Å². The molecule has 1 aliphatic heterocycles. The smallest absolute Gasteiger partial charge is 0.240 e. The van der Waals surface area contributed by atoms with Gasteiger partial charge in [0.1, 0.15) is 18.5 Å². The Hall–Kier alpha value is -2.32. The highest BCUT2D eigenvalue weighted by atomic mass is 35.5. The molecule has 2 aromatic carbocycles. The molecule has 0 saturated heterocycles. The SMILES string of the molecule is C[C@@H]1CC(=O)NN=C1c1ccc(NCC(C)(C)NC[C@H](O)COc2cc(Cl)ccc2Cl)cc1. The van der Waals surface area contributed by atoms with E-state index in [9.17, 15) is 9.90 Å². The summed E-state index contributed by atoms with van der Waals surface area (Å²) in [6.45, 7) is 7.21. The molecule has 2 atom stereocenters. The zero-order valence-corrected chi connectivity index (χ0v) is 20.5. The number of benzene rings is 2. The van der Waals surface area contributed by atoms with E-state index >= 15 is 0 Å². The fourth-order valence-corrected chi connectivity index (χ4v) is 3.71. The Morgan fingerprint density at radius 2 is 1.97 bits per heavy atom. The van der Waals surface area contributed by atoms with Crippen LogP contribution in [0.3, 0.4) is 0 Å². The molecule has 4 N–H and O–H groups in total. The number of halogens is 2. The second-order valence-corrected chi connectivity index (χ2v) is 9.72. The highest BCUT2D eigenvalue weighted by Gasteiger charge is 2.22. The fraction of sp³-hybridized carbons (Fsp3) is 0.417. The van der Waals surface area contributed by atoms with Gasteiger partial charge in [-0.1, -0.05) is 42.3 Å². The van der Waals surface area contributed by atoms with Gasteiger partial charge >= 0.3 is 0 Å². The Labute approximate surface area is 204 Å². The Bertz CT molecular complexity index is 996. The van der Waals surface area contributed by atoms with Crippen molar-refractivity contribution in [1.29, 1.82) is 0 Å². The first-order valence-electron chi connectivity index (χ1n) is 10.8. The number of carbonyl (C=O) groups is 1. The Balaban J connectivity index is 1.44. The molecular weight excluding hydrogens is 463 g/mol. The van der Waals surface area contributed by atoms with Crippen LogP contribution in [0.1, 0.15) is 32.8 Å². The second-order valence-electron chi connectivity index (χ2n) is 8.87. The van der Waals surface area contributed by atoms with Crippen molar-refractivity contribution in [2.24, 2.45) is 11.0 Å². The lowest BCUT2D eigenvalue weighted by molar-refractivity contribution is -0.121. The minimum Gasteiger partial charge on any atom is -0.489 e. The lowest BCUT2D eigenvalue weighted by Gasteiger charge is -2.28. The number of amides is 1. The molecule has 0 saturated carbocycles. The number of aliphatic hydroxyl groups excluding tert-OH is 1. The predicted molar refractivity (Wildman–Crippen MR) is 133 cm³/mol. The van der Waals surface area contributed by atoms with E-state index in [0.717, 1.165) is 17.0 Å². The summed E-state index contributed by atoms with van der Waals surface area (Å²) in [6, 6.07) is 13.0. The summed E-state index contributed by atoms with van der Waals surface area (Å²) in [5, 5.41) is 22.2. The average Bonchev–Trinajstić information content (AvgIpc) is 2.77. The van der Waals surface area contributed by atoms with Crippen LogP contribution in [0.2, 0.25) is 10.0 Å². The summed E-state index contributed by atoms with van der Waals surface area (Å²) in [4.78, 5) is 11.4. The van der Waals surface area contributed by atoms with Gasteiger partial charge in [-0.2, -0.15) is 5.10 Å². The number of nitrogens with one attached hydrogen (secondary N) is 3. The van der Waals surface area contributed by atoms with E-state index in [1.165, 1.54) is 0 Å². The van der Waals surface area contributed by atoms with E-state index in [0.29, 0.717) is 35.3 Å². The number of hydrazone groups is 1. The van der Waals surface area contributed by atoms with Gasteiger partial charge in [0.15, 0.2) is 0 Å². The van der Waals surface area contributed by atoms with Crippen molar-refractivity contribution in [2.45, 2.75) is 38.8 Å². The van der Waals surface area contributed by atoms with Gasteiger partial charge in [-0.15, -0.1) is 0 Å². The Morgan fingerprint density at radius 3 is 2.67 bits per heavy atom. The minimum atomic E-state index is -0.711. The highest BCUT2D eigenvalue weighted by Crippen LogP contribution is 2.27. The highest BCUT2D eigenvalue weighted by molar-refractivity contribution is 6.34. The van der Waals surface area contributed by atoms with Gasteiger partial charge in [-0.3, -0.25) is 4.79 Å². The molecule has 0 aliphatic carbocycles. The van der Waals surface area contributed by atoms with E-state index in [1.807, 2.05) is 31.2 Å². The third-order valence-electron chi connectivity index (χ3n) is 5.32. The lowest BCUT2D eigenvalue weighted by Crippen LogP contribution is -2.49. The topological polar surface area (TPSA) is 95.0 Å². The van der Waals surface area contributed by atoms with Crippen LogP contribution in [0, 0.1) is 5.92 Å². The molecule has 2 aromatic rings. The quantitative estimate of drug-likeness (QED) is 0.400. The van der Waals surface area contributed by atoms with Crippen LogP contribution in [0.5, 0.6) is 5.75 Å². The number of hydrogen-bond acceptors (Lipinski definition) is 6. The Kier molecular flexibility index (Phi) is 8.59. The molecule has 0 radical (unpaired) electrons. The molecule has 0 aromatic heterocycles. The number of hydrogen-bond donors (Lipinski definition) is 4. The van der Waals surface area contributed by atoms with Gasteiger partial charge in [-0.05, 0) is 43.7 Å². The number of rotatable bonds is 10. The molecule has 9 heteroatoms. The van der Waals surface area contributed by atoms with Crippen LogP contribution in [-0.2, 0) is 4.79 Å². The second kappa shape index (κ2) is 11.2. The van der Waals surface area contributed by atoms with Gasteiger partial charge in [0, 0.05) is 47.7 Å². The zero-order chi connectivity index (χ0) is 24.0. The van der Waals surface area contributed by atoms with Crippen LogP contribution in [0.15, 0.2) is 47.6 Å². The summed E-state index contributed by atoms with van der Waals surface area (Å²) < 4.78 is 5.59. The minimum absolute atomic E-state index is 0.0517.